The molecule has 11 heteroatoms. The maximum Gasteiger partial charge on any atom is 0.513 e. The maximum atomic E-state index is 12.5. The van der Waals surface area contributed by atoms with Crippen LogP contribution >= 0.6 is 11.3 Å². The standard InChI is InChI=1S/C18H15N3O6S2/c1-2-26-18(23)27-13-9-19-16-15(13)11-8-10(5-6-12(11)20-17(16)22)21-29(24,25)14-4-3-7-28-14/h3-9,19,21H,2H2,1H3,(H,20,22). The number of benzene rings is 1. The Morgan fingerprint density at radius 3 is 2.83 bits per heavy atom. The lowest BCUT2D eigenvalue weighted by Gasteiger charge is -2.09. The third-order valence-corrected chi connectivity index (χ3v) is 6.85. The highest BCUT2D eigenvalue weighted by molar-refractivity contribution is 7.94. The number of fused-ring (bicyclic) bond motifs is 3. The van der Waals surface area contributed by atoms with Crippen molar-refractivity contribution in [1.29, 1.82) is 0 Å². The highest BCUT2D eigenvalue weighted by Crippen LogP contribution is 2.32. The van der Waals surface area contributed by atoms with Crippen LogP contribution in [0.15, 0.2) is 50.9 Å². The van der Waals surface area contributed by atoms with Gasteiger partial charge in [0, 0.05) is 22.8 Å². The van der Waals surface area contributed by atoms with Crippen molar-refractivity contribution in [2.24, 2.45) is 0 Å². The first kappa shape index (κ1) is 19.0. The molecule has 4 aromatic rings. The zero-order valence-electron chi connectivity index (χ0n) is 15.0. The average Bonchev–Trinajstić information content (AvgIpc) is 3.33. The summed E-state index contributed by atoms with van der Waals surface area (Å²) in [7, 11) is -3.74. The van der Waals surface area contributed by atoms with Gasteiger partial charge in [-0.15, -0.1) is 11.3 Å². The first-order valence-electron chi connectivity index (χ1n) is 8.47. The van der Waals surface area contributed by atoms with Gasteiger partial charge in [0.2, 0.25) is 0 Å². The van der Waals surface area contributed by atoms with Gasteiger partial charge in [0.15, 0.2) is 5.75 Å². The van der Waals surface area contributed by atoms with E-state index >= 15 is 0 Å². The van der Waals surface area contributed by atoms with Crippen molar-refractivity contribution in [3.63, 3.8) is 0 Å². The second-order valence-electron chi connectivity index (χ2n) is 5.94. The van der Waals surface area contributed by atoms with Crippen LogP contribution in [0.4, 0.5) is 10.5 Å². The normalized spacial score (nSPS) is 11.6. The van der Waals surface area contributed by atoms with Gasteiger partial charge in [-0.3, -0.25) is 9.52 Å². The van der Waals surface area contributed by atoms with Gasteiger partial charge in [-0.05, 0) is 36.6 Å². The number of anilines is 1. The van der Waals surface area contributed by atoms with Crippen LogP contribution in [-0.4, -0.2) is 31.1 Å². The molecule has 0 aliphatic heterocycles. The molecule has 0 radical (unpaired) electrons. The Morgan fingerprint density at radius 2 is 2.10 bits per heavy atom. The first-order chi connectivity index (χ1) is 13.9. The fourth-order valence-corrected chi connectivity index (χ4v) is 4.94. The van der Waals surface area contributed by atoms with Crippen molar-refractivity contribution < 1.29 is 22.7 Å². The van der Waals surface area contributed by atoms with Crippen molar-refractivity contribution in [3.05, 3.63) is 52.3 Å². The Kier molecular flexibility index (Phi) is 4.76. The maximum absolute atomic E-state index is 12.5. The van der Waals surface area contributed by atoms with E-state index in [1.165, 1.54) is 18.3 Å². The zero-order chi connectivity index (χ0) is 20.6. The van der Waals surface area contributed by atoms with Gasteiger partial charge in [0.1, 0.15) is 9.73 Å². The molecule has 0 aliphatic rings. The van der Waals surface area contributed by atoms with Crippen molar-refractivity contribution >= 4 is 55.0 Å². The second-order valence-corrected chi connectivity index (χ2v) is 8.80. The molecule has 3 aromatic heterocycles. The van der Waals surface area contributed by atoms with Crippen LogP contribution in [0.25, 0.3) is 21.8 Å². The van der Waals surface area contributed by atoms with Crippen LogP contribution < -0.4 is 15.0 Å². The number of aromatic nitrogens is 2. The Bertz CT molecular complexity index is 1370. The van der Waals surface area contributed by atoms with Crippen LogP contribution in [0.1, 0.15) is 6.92 Å². The van der Waals surface area contributed by atoms with E-state index in [4.69, 9.17) is 9.47 Å². The third kappa shape index (κ3) is 3.57. The van der Waals surface area contributed by atoms with Gasteiger partial charge < -0.3 is 19.4 Å². The summed E-state index contributed by atoms with van der Waals surface area (Å²) in [4.78, 5) is 29.5. The molecule has 0 amide bonds. The van der Waals surface area contributed by atoms with Crippen molar-refractivity contribution in [2.45, 2.75) is 11.1 Å². The molecular weight excluding hydrogens is 418 g/mol. The molecule has 9 nitrogen and oxygen atoms in total. The molecule has 0 atom stereocenters. The number of ether oxygens (including phenoxy) is 2. The molecule has 3 N–H and O–H groups in total. The van der Waals surface area contributed by atoms with Gasteiger partial charge in [-0.1, -0.05) is 6.07 Å². The summed E-state index contributed by atoms with van der Waals surface area (Å²) in [6.45, 7) is 1.78. The molecule has 4 rings (SSSR count). The summed E-state index contributed by atoms with van der Waals surface area (Å²) in [5.41, 5.74) is 0.533. The smallest absolute Gasteiger partial charge is 0.434 e. The van der Waals surface area contributed by atoms with Gasteiger partial charge in [-0.2, -0.15) is 0 Å². The lowest BCUT2D eigenvalue weighted by atomic mass is 10.1. The molecular formula is C18H15N3O6S2. The van der Waals surface area contributed by atoms with Crippen molar-refractivity contribution in [2.75, 3.05) is 11.3 Å². The minimum absolute atomic E-state index is 0.104. The summed E-state index contributed by atoms with van der Waals surface area (Å²) in [6, 6.07) is 7.82. The second kappa shape index (κ2) is 7.26. The Hall–Kier alpha value is -3.31. The number of aromatic amines is 2. The molecule has 29 heavy (non-hydrogen) atoms. The van der Waals surface area contributed by atoms with Crippen LogP contribution in [0, 0.1) is 0 Å². The number of rotatable bonds is 5. The van der Waals surface area contributed by atoms with Crippen LogP contribution in [0.3, 0.4) is 0 Å². The Labute approximate surface area is 168 Å². The fourth-order valence-electron chi connectivity index (χ4n) is 2.90. The van der Waals surface area contributed by atoms with E-state index in [2.05, 4.69) is 14.7 Å². The number of sulfonamides is 1. The quantitative estimate of drug-likeness (QED) is 0.414. The molecule has 0 spiro atoms. The summed E-state index contributed by atoms with van der Waals surface area (Å²) >= 11 is 1.10. The molecule has 0 fully saturated rings. The largest absolute Gasteiger partial charge is 0.513 e. The Morgan fingerprint density at radius 1 is 1.28 bits per heavy atom. The van der Waals surface area contributed by atoms with Crippen molar-refractivity contribution in [3.8, 4) is 5.75 Å². The number of hydrogen-bond acceptors (Lipinski definition) is 7. The first-order valence-corrected chi connectivity index (χ1v) is 10.8. The molecule has 0 unspecified atom stereocenters. The van der Waals surface area contributed by atoms with Gasteiger partial charge in [-0.25, -0.2) is 13.2 Å². The van der Waals surface area contributed by atoms with E-state index in [1.807, 2.05) is 0 Å². The number of H-pyrrole nitrogens is 2. The SMILES string of the molecule is CCOC(=O)Oc1c[nH]c2c(=O)[nH]c3ccc(NS(=O)(=O)c4cccs4)cc3c12. The summed E-state index contributed by atoms with van der Waals surface area (Å²) in [5, 5.41) is 2.50. The zero-order valence-corrected chi connectivity index (χ0v) is 16.6. The number of hydrogen-bond donors (Lipinski definition) is 3. The predicted molar refractivity (Wildman–Crippen MR) is 109 cm³/mol. The molecule has 3 heterocycles. The summed E-state index contributed by atoms with van der Waals surface area (Å²) in [5.74, 6) is 0.104. The third-order valence-electron chi connectivity index (χ3n) is 4.08. The number of nitrogens with one attached hydrogen (secondary N) is 3. The fraction of sp³-hybridized carbons (Fsp3) is 0.111. The highest BCUT2D eigenvalue weighted by atomic mass is 32.2. The highest BCUT2D eigenvalue weighted by Gasteiger charge is 2.19. The lowest BCUT2D eigenvalue weighted by molar-refractivity contribution is 0.105. The van der Waals surface area contributed by atoms with E-state index in [0.717, 1.165) is 11.3 Å². The number of thiophene rings is 1. The monoisotopic (exact) mass is 433 g/mol. The lowest BCUT2D eigenvalue weighted by Crippen LogP contribution is -2.12. The molecule has 150 valence electrons. The van der Waals surface area contributed by atoms with Crippen LogP contribution in [0.2, 0.25) is 0 Å². The van der Waals surface area contributed by atoms with Crippen LogP contribution in [0.5, 0.6) is 5.75 Å². The minimum atomic E-state index is -3.74. The number of pyridine rings is 1. The number of carbonyl (C=O) groups excluding carboxylic acids is 1. The topological polar surface area (TPSA) is 130 Å². The molecule has 0 saturated heterocycles. The van der Waals surface area contributed by atoms with E-state index in [9.17, 15) is 18.0 Å². The Balaban J connectivity index is 1.83. The summed E-state index contributed by atoms with van der Waals surface area (Å²) in [6.07, 6.45) is 0.468. The molecule has 0 bridgehead atoms. The molecule has 1 aromatic carbocycles. The van der Waals surface area contributed by atoms with Gasteiger partial charge in [0.05, 0.1) is 12.0 Å². The minimum Gasteiger partial charge on any atom is -0.434 e. The average molecular weight is 433 g/mol. The van der Waals surface area contributed by atoms with E-state index in [1.54, 1.807) is 30.5 Å². The van der Waals surface area contributed by atoms with Crippen LogP contribution in [-0.2, 0) is 14.8 Å². The van der Waals surface area contributed by atoms with Gasteiger partial charge >= 0.3 is 6.16 Å². The summed E-state index contributed by atoms with van der Waals surface area (Å²) < 4.78 is 37.7. The van der Waals surface area contributed by atoms with E-state index in [0.29, 0.717) is 22.0 Å². The molecule has 0 saturated carbocycles. The van der Waals surface area contributed by atoms with Gasteiger partial charge in [0.25, 0.3) is 15.6 Å². The van der Waals surface area contributed by atoms with E-state index < -0.39 is 21.7 Å². The predicted octanol–water partition coefficient (Wildman–Crippen LogP) is 3.41. The van der Waals surface area contributed by atoms with Crippen molar-refractivity contribution in [1.82, 2.24) is 9.97 Å². The van der Waals surface area contributed by atoms with E-state index in [-0.39, 0.29) is 22.1 Å². The number of carbonyl (C=O) groups is 1. The molecule has 0 aliphatic carbocycles.